The molecule has 0 radical (unpaired) electrons. The Kier molecular flexibility index (Phi) is 46.7. The van der Waals surface area contributed by atoms with Crippen molar-refractivity contribution in [2.24, 2.45) is 17.8 Å². The van der Waals surface area contributed by atoms with E-state index < -0.39 is 220 Å². The number of nitrogens with zero attached hydrogens (tertiary/aromatic N) is 2. The van der Waals surface area contributed by atoms with Crippen LogP contribution in [0, 0.1) is 17.8 Å². The van der Waals surface area contributed by atoms with Crippen molar-refractivity contribution < 1.29 is 148 Å². The highest BCUT2D eigenvalue weighted by atomic mass is 32.9. The number of rotatable bonds is 53. The summed E-state index contributed by atoms with van der Waals surface area (Å²) in [5.74, 6) is -9.80. The molecular formula is C88H126N8O31PS2-. The molecular weight excluding hydrogens is 1760 g/mol. The highest BCUT2D eigenvalue weighted by Gasteiger charge is 2.51. The molecule has 3 saturated heterocycles. The molecule has 6 rings (SSSR count). The molecule has 3 aromatic carbocycles. The number of esters is 7. The van der Waals surface area contributed by atoms with E-state index in [1.165, 1.54) is 86.3 Å². The molecule has 0 bridgehead atoms. The third-order valence-corrected chi connectivity index (χ3v) is 22.4. The van der Waals surface area contributed by atoms with Crippen LogP contribution in [0.3, 0.4) is 0 Å². The third-order valence-electron chi connectivity index (χ3n) is 21.4. The molecule has 0 spiro atoms. The van der Waals surface area contributed by atoms with Gasteiger partial charge in [0.05, 0.1) is 45.4 Å². The first kappa shape index (κ1) is 109. The summed E-state index contributed by atoms with van der Waals surface area (Å²) < 4.78 is 96.8. The van der Waals surface area contributed by atoms with Gasteiger partial charge in [0.1, 0.15) is 73.5 Å². The first-order valence-electron chi connectivity index (χ1n) is 43.1. The van der Waals surface area contributed by atoms with Gasteiger partial charge in [-0.1, -0.05) is 75.4 Å². The first-order valence-corrected chi connectivity index (χ1v) is 46.5. The van der Waals surface area contributed by atoms with E-state index in [9.17, 15) is 62.3 Å². The fourth-order valence-electron chi connectivity index (χ4n) is 15.1. The maximum Gasteiger partial charge on any atom is 0.307 e. The molecule has 16 atom stereocenters. The van der Waals surface area contributed by atoms with Crippen LogP contribution < -0.4 is 40.8 Å². The molecule has 3 aliphatic rings. The average molecular weight is 1890 g/mol. The summed E-state index contributed by atoms with van der Waals surface area (Å²) >= 11 is 5.13. The highest BCUT2D eigenvalue weighted by Crippen LogP contribution is 2.43. The Morgan fingerprint density at radius 2 is 0.808 bits per heavy atom. The zero-order chi connectivity index (χ0) is 95.7. The van der Waals surface area contributed by atoms with Crippen molar-refractivity contribution in [2.45, 2.75) is 239 Å². The van der Waals surface area contributed by atoms with Gasteiger partial charge in [0, 0.05) is 165 Å². The number of hydrogen-bond donors (Lipinski definition) is 6. The van der Waals surface area contributed by atoms with Crippen molar-refractivity contribution in [1.82, 2.24) is 41.1 Å². The molecule has 130 heavy (non-hydrogen) atoms. The van der Waals surface area contributed by atoms with E-state index in [4.69, 9.17) is 87.0 Å². The topological polar surface area (TPSA) is 482 Å². The highest BCUT2D eigenvalue weighted by molar-refractivity contribution is 8.38. The van der Waals surface area contributed by atoms with Gasteiger partial charge in [-0.05, 0) is 79.5 Å². The minimum Gasteiger partial charge on any atom is -0.497 e. The Morgan fingerprint density at radius 3 is 1.16 bits per heavy atom. The van der Waals surface area contributed by atoms with Crippen LogP contribution in [0.2, 0.25) is 0 Å². The number of nitrogens with one attached hydrogen (secondary N) is 6. The lowest BCUT2D eigenvalue weighted by Gasteiger charge is -2.44. The van der Waals surface area contributed by atoms with E-state index in [2.05, 4.69) is 39.3 Å². The molecule has 8 amide bonds. The van der Waals surface area contributed by atoms with Gasteiger partial charge in [-0.3, -0.25) is 88.8 Å². The van der Waals surface area contributed by atoms with Crippen LogP contribution in [0.1, 0.15) is 170 Å². The van der Waals surface area contributed by atoms with Gasteiger partial charge in [-0.25, -0.2) is 11.2 Å². The second kappa shape index (κ2) is 55.9. The molecule has 0 saturated carbocycles. The minimum atomic E-state index is -1.86. The Labute approximate surface area is 765 Å². The maximum absolute atomic E-state index is 16.1. The minimum absolute atomic E-state index is 0.00733. The number of methoxy groups -OCH3 is 2. The average Bonchev–Trinajstić information content (AvgIpc) is 0.749. The molecule has 7 unspecified atom stereocenters. The van der Waals surface area contributed by atoms with Crippen molar-refractivity contribution in [3.05, 3.63) is 95.6 Å². The molecule has 0 aromatic heterocycles. The Morgan fingerprint density at radius 1 is 0.446 bits per heavy atom. The first-order chi connectivity index (χ1) is 61.8. The molecule has 42 heteroatoms. The molecule has 3 heterocycles. The standard InChI is InChI=1S/C88H126N8O31PS2/c1-52-78(91-55(4)97)85(125-69(48-117-58(7)100)81(52)121-61(10)103)114-45-21-18-26-73(106)89-39-41-95(76(109)28-20-23-47-116-87-80(93-57(6)99)54(3)83(123-63(12)105)71(127-87)50-119-60(9)102)43-44-96(42-40-90-74(107)27-19-22-46-115-86-79(92-56(5)98)53(2)82(122-62(11)104)70(126-86)49-118-59(8)101)84(111)72(124-77(110)38-37-75(108)94-130(128)129)51-120-88(64-24-16-15-17-25-64,65-29-33-67(112-13)34-30-65)66-31-35-68(113-14)36-32-66/h15-17,24-25,29-36,52-54,69-72,78-83,85-87,128H,18-23,26-28,37-51H2,1-14H3,(H,89,106)(H,90,107)(H,91,97)(H,92,98)(H,93,99)(H,94,108,129)/q-1/t52-,53-,54-,69?,70?,71?,72?,78?,79?,80?,81-,82-,83-,85-,86-,87-/m1/s1. The van der Waals surface area contributed by atoms with Crippen LogP contribution in [0.5, 0.6) is 11.5 Å². The van der Waals surface area contributed by atoms with Crippen LogP contribution >= 0.6 is 8.02 Å². The van der Waals surface area contributed by atoms with Gasteiger partial charge in [0.25, 0.3) is 5.91 Å². The molecule has 0 aliphatic carbocycles. The number of amides is 8. The monoisotopic (exact) mass is 1890 g/mol. The van der Waals surface area contributed by atoms with Crippen LogP contribution in [-0.4, -0.2) is 278 Å². The van der Waals surface area contributed by atoms with E-state index in [0.717, 1.165) is 0 Å². The van der Waals surface area contributed by atoms with E-state index in [1.807, 2.05) is 12.1 Å². The number of ether oxygens (including phenoxy) is 16. The predicted octanol–water partition coefficient (Wildman–Crippen LogP) is 4.41. The molecule has 39 nitrogen and oxygen atoms in total. The lowest BCUT2D eigenvalue weighted by atomic mass is 9.80. The summed E-state index contributed by atoms with van der Waals surface area (Å²) in [6, 6.07) is 20.5. The zero-order valence-electron chi connectivity index (χ0n) is 76.1. The third kappa shape index (κ3) is 36.2. The summed E-state index contributed by atoms with van der Waals surface area (Å²) in [5, 5.41) is 14.2. The fraction of sp³-hybridized carbons (Fsp3) is 0.625. The van der Waals surface area contributed by atoms with E-state index in [0.29, 0.717) is 28.2 Å². The van der Waals surface area contributed by atoms with Crippen LogP contribution in [0.25, 0.3) is 0 Å². The molecule has 3 aromatic rings. The van der Waals surface area contributed by atoms with Crippen molar-refractivity contribution in [3.63, 3.8) is 0 Å². The van der Waals surface area contributed by atoms with Gasteiger partial charge in [-0.15, -0.1) is 0 Å². The summed E-state index contributed by atoms with van der Waals surface area (Å²) in [7, 11) is 5.03. The Bertz CT molecular complexity index is 4260. The van der Waals surface area contributed by atoms with Crippen molar-refractivity contribution in [1.29, 1.82) is 0 Å². The van der Waals surface area contributed by atoms with Gasteiger partial charge >= 0.3 is 41.8 Å². The zero-order valence-corrected chi connectivity index (χ0v) is 78.7. The van der Waals surface area contributed by atoms with Gasteiger partial charge in [0.2, 0.25) is 47.5 Å². The fourth-order valence-corrected chi connectivity index (χ4v) is 16.1. The quantitative estimate of drug-likeness (QED) is 0.0114. The van der Waals surface area contributed by atoms with Crippen molar-refractivity contribution >= 4 is 117 Å². The molecule has 6 N–H and O–H groups in total. The number of carbonyl (C=O) groups is 15. The largest absolute Gasteiger partial charge is 0.497 e. The Balaban J connectivity index is 1.33. The van der Waals surface area contributed by atoms with Crippen molar-refractivity contribution in [3.8, 4) is 11.5 Å². The normalized spacial score (nSPS) is 21.9. The molecule has 3 aliphatic heterocycles. The maximum atomic E-state index is 16.1. The SMILES string of the molecule is COc1ccc(C(OCC(OC(=O)CCC(=O)N[S-](=P)=S)C(=O)N(CCNC(=O)CCCCO[C@@H]2OC(COC(C)=O)[C@H](OC(C)=O)[C@H](C)C2NC(C)=O)CCN(CCNC(=O)CCCCO[C@@H]2OC(COC(C)=O)[C@H](OC(C)=O)[C@H](C)C2NC(C)=O)C(=O)CCCCO[C@@H]2OC(COC(C)=O)[C@H](OC(C)=O)[C@H](C)C2NC(C)=O)(c2ccccc2)c2ccc(OC)cc2)cc1. The van der Waals surface area contributed by atoms with E-state index in [1.54, 1.807) is 87.5 Å². The number of unbranched alkanes of at least 4 members (excludes halogenated alkanes) is 3. The number of carbonyl (C=O) groups excluding carboxylic acids is 15. The second-order valence-corrected chi connectivity index (χ2v) is 35.3. The predicted molar refractivity (Wildman–Crippen MR) is 470 cm³/mol. The molecule has 3 fully saturated rings. The van der Waals surface area contributed by atoms with Crippen molar-refractivity contribution in [2.75, 3.05) is 99.7 Å². The van der Waals surface area contributed by atoms with Gasteiger partial charge < -0.3 is 117 Å². The second-order valence-electron chi connectivity index (χ2n) is 31.5. The summed E-state index contributed by atoms with van der Waals surface area (Å²) in [6.07, 6.45) is -10.9. The Hall–Kier alpha value is -10.1. The van der Waals surface area contributed by atoms with Gasteiger partial charge in [-0.2, -0.15) is 0 Å². The number of benzene rings is 3. The van der Waals surface area contributed by atoms with Gasteiger partial charge in [0.15, 0.2) is 18.9 Å². The van der Waals surface area contributed by atoms with Crippen LogP contribution in [0.15, 0.2) is 78.9 Å². The van der Waals surface area contributed by atoms with Crippen LogP contribution in [-0.2, 0) is 164 Å². The summed E-state index contributed by atoms with van der Waals surface area (Å²) in [5.41, 5.74) is -0.0113. The van der Waals surface area contributed by atoms with E-state index >= 15 is 9.59 Å². The summed E-state index contributed by atoms with van der Waals surface area (Å²) in [6.45, 7) is 13.2. The lowest BCUT2D eigenvalue weighted by Crippen LogP contribution is -2.62. The number of hydrogen-bond acceptors (Lipinski definition) is 33. The van der Waals surface area contributed by atoms with Crippen LogP contribution in [0.4, 0.5) is 0 Å². The smallest absolute Gasteiger partial charge is 0.307 e. The molecule has 722 valence electrons. The summed E-state index contributed by atoms with van der Waals surface area (Å²) in [4.78, 5) is 200. The lowest BCUT2D eigenvalue weighted by molar-refractivity contribution is -0.262. The van der Waals surface area contributed by atoms with E-state index in [-0.39, 0.29) is 137 Å².